The van der Waals surface area contributed by atoms with Crippen LogP contribution >= 0.6 is 0 Å². The van der Waals surface area contributed by atoms with Crippen molar-refractivity contribution in [3.63, 3.8) is 0 Å². The van der Waals surface area contributed by atoms with Gasteiger partial charge in [-0.3, -0.25) is 0 Å². The van der Waals surface area contributed by atoms with Crippen LogP contribution in [0.3, 0.4) is 0 Å². The van der Waals surface area contributed by atoms with Crippen molar-refractivity contribution >= 4 is 12.6 Å². The van der Waals surface area contributed by atoms with Crippen molar-refractivity contribution in [2.24, 2.45) is 15.9 Å². The summed E-state index contributed by atoms with van der Waals surface area (Å²) in [5.74, 6) is 5.90. The van der Waals surface area contributed by atoms with E-state index in [2.05, 4.69) is 20.8 Å². The average molecular weight is 137 g/mol. The number of hydrazone groups is 1. The summed E-state index contributed by atoms with van der Waals surface area (Å²) in [6.45, 7) is 0. The monoisotopic (exact) mass is 137 g/mol. The second-order valence-corrected chi connectivity index (χ2v) is 1.81. The maximum absolute atomic E-state index is 5.27. The van der Waals surface area contributed by atoms with E-state index in [0.29, 0.717) is 11.5 Å². The summed E-state index contributed by atoms with van der Waals surface area (Å²) in [5, 5.41) is 8.67. The quantitative estimate of drug-likeness (QED) is 0.398. The van der Waals surface area contributed by atoms with Crippen LogP contribution in [-0.4, -0.2) is 17.8 Å². The first kappa shape index (κ1) is 5.24. The van der Waals surface area contributed by atoms with Crippen LogP contribution in [0.1, 0.15) is 0 Å². The molecule has 6 nitrogen and oxygen atoms in total. The molecule has 0 bridgehead atoms. The molecule has 0 aromatic heterocycles. The number of allylic oxidation sites excluding steroid dienone is 1. The van der Waals surface area contributed by atoms with Crippen molar-refractivity contribution in [1.29, 1.82) is 0 Å². The first-order valence-corrected chi connectivity index (χ1v) is 2.69. The molecule has 0 spiro atoms. The Morgan fingerprint density at radius 1 is 1.60 bits per heavy atom. The van der Waals surface area contributed by atoms with Crippen LogP contribution in [0.15, 0.2) is 21.6 Å². The van der Waals surface area contributed by atoms with Gasteiger partial charge in [-0.15, -0.1) is 10.3 Å². The van der Waals surface area contributed by atoms with E-state index < -0.39 is 0 Å². The van der Waals surface area contributed by atoms with Crippen molar-refractivity contribution in [2.75, 3.05) is 0 Å². The van der Waals surface area contributed by atoms with Gasteiger partial charge in [0.05, 0.1) is 6.21 Å². The number of aliphatic imine (C=N–C) groups is 1. The van der Waals surface area contributed by atoms with E-state index in [-0.39, 0.29) is 0 Å². The third kappa shape index (κ3) is 0.627. The van der Waals surface area contributed by atoms with Crippen LogP contribution in [0.2, 0.25) is 0 Å². The zero-order chi connectivity index (χ0) is 6.97. The first-order valence-electron chi connectivity index (χ1n) is 2.69. The van der Waals surface area contributed by atoms with Gasteiger partial charge in [0, 0.05) is 0 Å². The fraction of sp³-hybridized carbons (Fsp3) is 0. The smallest absolute Gasteiger partial charge is 0.176 e. The van der Waals surface area contributed by atoms with Gasteiger partial charge >= 0.3 is 0 Å². The second kappa shape index (κ2) is 1.71. The topological polar surface area (TPSA) is 80.1 Å². The zero-order valence-corrected chi connectivity index (χ0v) is 5.02. The molecule has 0 fully saturated rings. The number of hydrogen-bond acceptors (Lipinski definition) is 5. The molecule has 10 heavy (non-hydrogen) atoms. The Hall–Kier alpha value is -1.56. The van der Waals surface area contributed by atoms with E-state index in [4.69, 9.17) is 5.84 Å². The summed E-state index contributed by atoms with van der Waals surface area (Å²) >= 11 is 0. The van der Waals surface area contributed by atoms with E-state index in [0.717, 1.165) is 5.23 Å². The van der Waals surface area contributed by atoms with E-state index in [9.17, 15) is 0 Å². The Kier molecular flexibility index (Phi) is 0.896. The molecule has 2 aliphatic rings. The molecule has 1 radical (unpaired) electrons. The van der Waals surface area contributed by atoms with Crippen LogP contribution in [0.4, 0.5) is 0 Å². The third-order valence-electron chi connectivity index (χ3n) is 1.15. The summed E-state index contributed by atoms with van der Waals surface area (Å²) in [7, 11) is 0. The highest BCUT2D eigenvalue weighted by molar-refractivity contribution is 5.85. The number of hydrogen-bond donors (Lipinski definition) is 2. The van der Waals surface area contributed by atoms with Crippen LogP contribution in [0.25, 0.3) is 0 Å². The molecule has 3 N–H and O–H groups in total. The molecule has 0 atom stereocenters. The van der Waals surface area contributed by atoms with Gasteiger partial charge in [0.25, 0.3) is 0 Å². The van der Waals surface area contributed by atoms with Crippen molar-refractivity contribution < 1.29 is 0 Å². The second-order valence-electron chi connectivity index (χ2n) is 1.81. The van der Waals surface area contributed by atoms with Gasteiger partial charge in [0.2, 0.25) is 0 Å². The fourth-order valence-electron chi connectivity index (χ4n) is 0.711. The van der Waals surface area contributed by atoms with Crippen molar-refractivity contribution in [3.05, 3.63) is 11.5 Å². The lowest BCUT2D eigenvalue weighted by Crippen LogP contribution is -2.42. The number of nitrogens with two attached hydrogens (primary N) is 1. The lowest BCUT2D eigenvalue weighted by molar-refractivity contribution is 0.221. The predicted octanol–water partition coefficient (Wildman–Crippen LogP) is -1.52. The highest BCUT2D eigenvalue weighted by atomic mass is 15.8. The van der Waals surface area contributed by atoms with E-state index in [1.54, 1.807) is 6.21 Å². The lowest BCUT2D eigenvalue weighted by Gasteiger charge is -2.17. The molecule has 0 aliphatic carbocycles. The van der Waals surface area contributed by atoms with Gasteiger partial charge in [-0.25, -0.2) is 21.6 Å². The average Bonchev–Trinajstić information content (AvgIpc) is 2.33. The summed E-state index contributed by atoms with van der Waals surface area (Å²) in [6, 6.07) is 0. The van der Waals surface area contributed by atoms with Crippen molar-refractivity contribution in [3.8, 4) is 0 Å². The van der Waals surface area contributed by atoms with Gasteiger partial charge in [0.1, 0.15) is 12.0 Å². The highest BCUT2D eigenvalue weighted by Crippen LogP contribution is 2.07. The summed E-state index contributed by atoms with van der Waals surface area (Å²) < 4.78 is 0. The van der Waals surface area contributed by atoms with Crippen molar-refractivity contribution in [2.45, 2.75) is 0 Å². The normalized spacial score (nSPS) is 20.7. The Morgan fingerprint density at radius 2 is 2.50 bits per heavy atom. The Morgan fingerprint density at radius 3 is 3.40 bits per heavy atom. The van der Waals surface area contributed by atoms with Gasteiger partial charge in [-0.05, 0) is 0 Å². The van der Waals surface area contributed by atoms with Crippen LogP contribution in [0, 0.1) is 0 Å². The number of nitrogens with one attached hydrogen (secondary N) is 1. The van der Waals surface area contributed by atoms with Gasteiger partial charge in [-0.2, -0.15) is 0 Å². The Balaban J connectivity index is 2.28. The number of nitrogens with zero attached hydrogens (tertiary/aromatic N) is 4. The molecule has 0 unspecified atom stereocenters. The number of rotatable bonds is 0. The molecule has 0 saturated carbocycles. The minimum absolute atomic E-state index is 0.637. The molecule has 0 saturated heterocycles. The summed E-state index contributed by atoms with van der Waals surface area (Å²) in [6.07, 6.45) is 2.99. The molecule has 0 aromatic carbocycles. The Bertz CT molecular complexity index is 238. The molecule has 6 heteroatoms. The third-order valence-corrected chi connectivity index (χ3v) is 1.15. The highest BCUT2D eigenvalue weighted by Gasteiger charge is 2.14. The van der Waals surface area contributed by atoms with Gasteiger partial charge < -0.3 is 0 Å². The lowest BCUT2D eigenvalue weighted by atomic mass is 10.5. The van der Waals surface area contributed by atoms with Crippen LogP contribution < -0.4 is 16.6 Å². The Labute approximate surface area is 57.0 Å². The molecule has 2 rings (SSSR count). The first-order chi connectivity index (χ1) is 4.86. The molecular formula is C4H5N6. The van der Waals surface area contributed by atoms with Crippen LogP contribution in [-0.2, 0) is 0 Å². The minimum Gasteiger partial charge on any atom is -0.248 e. The molecule has 0 aromatic rings. The van der Waals surface area contributed by atoms with Crippen LogP contribution in [0.5, 0.6) is 0 Å². The predicted molar refractivity (Wildman–Crippen MR) is 35.3 cm³/mol. The largest absolute Gasteiger partial charge is 0.248 e. The SMILES string of the molecule is NN1N=CC2=C([N]C=N2)N1. The zero-order valence-electron chi connectivity index (χ0n) is 5.02. The summed E-state index contributed by atoms with van der Waals surface area (Å²) in [5.41, 5.74) is 3.39. The van der Waals surface area contributed by atoms with E-state index in [1.807, 2.05) is 0 Å². The van der Waals surface area contributed by atoms with Gasteiger partial charge in [-0.1, -0.05) is 0 Å². The van der Waals surface area contributed by atoms with E-state index in [1.165, 1.54) is 6.34 Å². The summed E-state index contributed by atoms with van der Waals surface area (Å²) in [4.78, 5) is 3.89. The molecule has 51 valence electrons. The standard InChI is InChI=1S/C4H5N6/c5-10-8-1-3-4(9-10)7-2-6-3/h1-2,9H,5H2. The maximum atomic E-state index is 5.27. The molecule has 0 amide bonds. The maximum Gasteiger partial charge on any atom is 0.176 e. The molecular weight excluding hydrogens is 132 g/mol. The molecule has 2 aliphatic heterocycles. The number of hydrazine groups is 2. The van der Waals surface area contributed by atoms with Gasteiger partial charge in [0.15, 0.2) is 5.82 Å². The van der Waals surface area contributed by atoms with E-state index >= 15 is 0 Å². The van der Waals surface area contributed by atoms with Crippen molar-refractivity contribution in [1.82, 2.24) is 16.0 Å². The minimum atomic E-state index is 0.637. The molecule has 2 heterocycles. The fourth-order valence-corrected chi connectivity index (χ4v) is 0.711.